The topological polar surface area (TPSA) is 74.6 Å². The van der Waals surface area contributed by atoms with E-state index in [1.54, 1.807) is 0 Å². The van der Waals surface area contributed by atoms with Crippen LogP contribution < -0.4 is 0 Å². The summed E-state index contributed by atoms with van der Waals surface area (Å²) in [5.41, 5.74) is 0. The molecule has 0 fully saturated rings. The standard InChI is InChI=1S/C4H3O4.Zn/c5-3(6)1-2-4(7)8;/h1H,(H,5,6)(H,7,8);/q-1;. The van der Waals surface area contributed by atoms with Crippen LogP contribution in [-0.2, 0) is 29.1 Å². The van der Waals surface area contributed by atoms with Gasteiger partial charge in [-0.3, -0.25) is 4.79 Å². The van der Waals surface area contributed by atoms with Crippen molar-refractivity contribution in [3.05, 3.63) is 12.2 Å². The molecule has 0 aromatic heterocycles. The van der Waals surface area contributed by atoms with Gasteiger partial charge in [0, 0.05) is 19.5 Å². The first-order chi connectivity index (χ1) is 3.63. The summed E-state index contributed by atoms with van der Waals surface area (Å²) in [6.45, 7) is 0. The second kappa shape index (κ2) is 5.44. The minimum atomic E-state index is -1.38. The van der Waals surface area contributed by atoms with E-state index in [-0.39, 0.29) is 19.5 Å². The van der Waals surface area contributed by atoms with Gasteiger partial charge in [-0.2, -0.15) is 6.08 Å². The number of carbonyl (C=O) groups is 2. The molecule has 0 radical (unpaired) electrons. The van der Waals surface area contributed by atoms with Gasteiger partial charge < -0.3 is 15.0 Å². The van der Waals surface area contributed by atoms with Crippen LogP contribution in [0.3, 0.4) is 0 Å². The largest absolute Gasteiger partial charge is 0.562 e. The van der Waals surface area contributed by atoms with Gasteiger partial charge in [0.15, 0.2) is 5.97 Å². The number of hydrogen-bond donors (Lipinski definition) is 2. The number of rotatable bonds is 2. The zero-order valence-corrected chi connectivity index (χ0v) is 7.46. The number of hydrogen-bond acceptors (Lipinski definition) is 2. The summed E-state index contributed by atoms with van der Waals surface area (Å²) in [4.78, 5) is 19.0. The van der Waals surface area contributed by atoms with Crippen LogP contribution in [0.5, 0.6) is 0 Å². The van der Waals surface area contributed by atoms with Gasteiger partial charge in [0.05, 0.1) is 0 Å². The molecule has 0 heterocycles. The molecule has 0 aromatic rings. The van der Waals surface area contributed by atoms with E-state index in [1.807, 2.05) is 0 Å². The molecule has 0 rings (SSSR count). The van der Waals surface area contributed by atoms with E-state index < -0.39 is 11.9 Å². The summed E-state index contributed by atoms with van der Waals surface area (Å²) in [6.07, 6.45) is 1.97. The van der Waals surface area contributed by atoms with Crippen LogP contribution in [0.4, 0.5) is 0 Å². The first-order valence-corrected chi connectivity index (χ1v) is 1.68. The minimum absolute atomic E-state index is 0. The van der Waals surface area contributed by atoms with Gasteiger partial charge in [-0.05, 0) is 0 Å². The summed E-state index contributed by atoms with van der Waals surface area (Å²) in [5.74, 6) is -2.69. The molecular weight excluding hydrogens is 177 g/mol. The summed E-state index contributed by atoms with van der Waals surface area (Å²) >= 11 is 0. The van der Waals surface area contributed by atoms with Gasteiger partial charge in [-0.1, -0.05) is 0 Å². The minimum Gasteiger partial charge on any atom is -0.562 e. The number of aliphatic carboxylic acids is 2. The maximum absolute atomic E-state index is 9.52. The molecule has 0 aliphatic carbocycles. The Morgan fingerprint density at radius 3 is 1.89 bits per heavy atom. The van der Waals surface area contributed by atoms with Gasteiger partial charge in [0.1, 0.15) is 0 Å². The molecule has 0 aliphatic rings. The Morgan fingerprint density at radius 2 is 1.78 bits per heavy atom. The van der Waals surface area contributed by atoms with E-state index in [0.29, 0.717) is 6.08 Å². The van der Waals surface area contributed by atoms with E-state index >= 15 is 0 Å². The normalized spacial score (nSPS) is 8.44. The van der Waals surface area contributed by atoms with Crippen molar-refractivity contribution in [3.63, 3.8) is 0 Å². The Bertz CT molecular complexity index is 124. The molecular formula is C4H3O4Zn-. The molecule has 46 valence electrons. The molecule has 9 heavy (non-hydrogen) atoms. The average Bonchev–Trinajstić information content (AvgIpc) is 1.61. The van der Waals surface area contributed by atoms with Crippen molar-refractivity contribution in [3.8, 4) is 0 Å². The third kappa shape index (κ3) is 11.1. The SMILES string of the molecule is O=C(O)[C-]=CC(=O)O.[Zn]. The second-order valence-corrected chi connectivity index (χ2v) is 0.932. The van der Waals surface area contributed by atoms with E-state index in [2.05, 4.69) is 0 Å². The molecule has 0 saturated carbocycles. The first-order valence-electron chi connectivity index (χ1n) is 1.68. The smallest absolute Gasteiger partial charge is 0.235 e. The molecule has 0 saturated heterocycles. The Balaban J connectivity index is 0. The molecule has 0 aliphatic heterocycles. The zero-order chi connectivity index (χ0) is 6.57. The van der Waals surface area contributed by atoms with Crippen molar-refractivity contribution in [1.29, 1.82) is 0 Å². The van der Waals surface area contributed by atoms with Gasteiger partial charge >= 0.3 is 0 Å². The zero-order valence-electron chi connectivity index (χ0n) is 4.50. The van der Waals surface area contributed by atoms with Crippen molar-refractivity contribution < 1.29 is 39.3 Å². The van der Waals surface area contributed by atoms with Crippen molar-refractivity contribution >= 4 is 11.9 Å². The predicted molar refractivity (Wildman–Crippen MR) is 23.1 cm³/mol. The van der Waals surface area contributed by atoms with Crippen LogP contribution in [0.1, 0.15) is 0 Å². The molecule has 0 spiro atoms. The van der Waals surface area contributed by atoms with Gasteiger partial charge in [-0.25, -0.2) is 0 Å². The van der Waals surface area contributed by atoms with Gasteiger partial charge in [0.25, 0.3) is 0 Å². The molecule has 2 N–H and O–H groups in total. The third-order valence-corrected chi connectivity index (χ3v) is 0.319. The van der Waals surface area contributed by atoms with Crippen LogP contribution in [0, 0.1) is 6.08 Å². The van der Waals surface area contributed by atoms with E-state index in [1.165, 1.54) is 6.08 Å². The fourth-order valence-corrected chi connectivity index (χ4v) is 0.123. The second-order valence-electron chi connectivity index (χ2n) is 0.932. The van der Waals surface area contributed by atoms with Gasteiger partial charge in [-0.15, -0.1) is 6.08 Å². The maximum atomic E-state index is 9.52. The summed E-state index contributed by atoms with van der Waals surface area (Å²) < 4.78 is 0. The van der Waals surface area contributed by atoms with Crippen LogP contribution in [0.2, 0.25) is 0 Å². The maximum Gasteiger partial charge on any atom is 0.235 e. The summed E-state index contributed by atoms with van der Waals surface area (Å²) in [7, 11) is 0. The molecule has 0 aromatic carbocycles. The monoisotopic (exact) mass is 179 g/mol. The van der Waals surface area contributed by atoms with Crippen molar-refractivity contribution in [2.24, 2.45) is 0 Å². The number of carboxylic acids is 2. The van der Waals surface area contributed by atoms with Crippen molar-refractivity contribution in [2.75, 3.05) is 0 Å². The molecule has 0 bridgehead atoms. The Morgan fingerprint density at radius 1 is 1.33 bits per heavy atom. The van der Waals surface area contributed by atoms with Crippen LogP contribution in [0.25, 0.3) is 0 Å². The van der Waals surface area contributed by atoms with E-state index in [9.17, 15) is 9.59 Å². The predicted octanol–water partition coefficient (Wildman–Crippen LogP) is -0.488. The number of carboxylic acid groups (broad SMARTS) is 2. The van der Waals surface area contributed by atoms with Crippen LogP contribution >= 0.6 is 0 Å². The van der Waals surface area contributed by atoms with Crippen molar-refractivity contribution in [1.82, 2.24) is 0 Å². The molecule has 4 nitrogen and oxygen atoms in total. The summed E-state index contributed by atoms with van der Waals surface area (Å²) in [5, 5.41) is 15.5. The van der Waals surface area contributed by atoms with Crippen LogP contribution in [-0.4, -0.2) is 22.2 Å². The Kier molecular flexibility index (Phi) is 6.74. The van der Waals surface area contributed by atoms with Crippen molar-refractivity contribution in [2.45, 2.75) is 0 Å². The Hall–Kier alpha value is -0.697. The fraction of sp³-hybridized carbons (Fsp3) is 0. The first kappa shape index (κ1) is 11.1. The Labute approximate surface area is 63.9 Å². The van der Waals surface area contributed by atoms with E-state index in [4.69, 9.17) is 10.2 Å². The third-order valence-electron chi connectivity index (χ3n) is 0.319. The molecule has 5 heteroatoms. The van der Waals surface area contributed by atoms with Crippen LogP contribution in [0.15, 0.2) is 6.08 Å². The fourth-order valence-electron chi connectivity index (χ4n) is 0.123. The van der Waals surface area contributed by atoms with E-state index in [0.717, 1.165) is 0 Å². The average molecular weight is 180 g/mol. The molecule has 0 amide bonds. The van der Waals surface area contributed by atoms with Gasteiger partial charge in [0.2, 0.25) is 5.97 Å². The summed E-state index contributed by atoms with van der Waals surface area (Å²) in [6, 6.07) is 0. The molecule has 0 unspecified atom stereocenters. The quantitative estimate of drug-likeness (QED) is 0.342. The molecule has 0 atom stereocenters.